The van der Waals surface area contributed by atoms with E-state index in [1.54, 1.807) is 12.1 Å². The Morgan fingerprint density at radius 2 is 2.04 bits per heavy atom. The predicted octanol–water partition coefficient (Wildman–Crippen LogP) is 1.91. The van der Waals surface area contributed by atoms with Crippen LogP contribution in [-0.2, 0) is 10.9 Å². The molecule has 0 aromatic carbocycles. The first-order valence-corrected chi connectivity index (χ1v) is 7.16. The molecule has 7 nitrogen and oxygen atoms in total. The number of aromatic nitrogens is 3. The number of alkyl halides is 3. The maximum atomic E-state index is 12.5. The third kappa shape index (κ3) is 3.65. The number of nitrogens with one attached hydrogen (secondary N) is 2. The van der Waals surface area contributed by atoms with Gasteiger partial charge in [0.2, 0.25) is 0 Å². The summed E-state index contributed by atoms with van der Waals surface area (Å²) in [5.74, 6) is -0.851. The highest BCUT2D eigenvalue weighted by Gasteiger charge is 2.33. The molecule has 24 heavy (non-hydrogen) atoms. The lowest BCUT2D eigenvalue weighted by Crippen LogP contribution is -2.36. The summed E-state index contributed by atoms with van der Waals surface area (Å²) in [5.41, 5.74) is -0.139. The minimum atomic E-state index is -4.55. The first-order valence-electron chi connectivity index (χ1n) is 7.16. The van der Waals surface area contributed by atoms with E-state index in [1.165, 1.54) is 6.20 Å². The molecule has 0 saturated carbocycles. The lowest BCUT2D eigenvalue weighted by atomic mass is 10.2. The maximum Gasteiger partial charge on any atom is 0.432 e. The number of carbonyl (C=O) groups excluding carboxylic acids is 1. The molecule has 0 radical (unpaired) electrons. The predicted molar refractivity (Wildman–Crippen MR) is 78.8 cm³/mol. The fourth-order valence-corrected chi connectivity index (χ4v) is 2.27. The summed E-state index contributed by atoms with van der Waals surface area (Å²) in [6.45, 7) is 2.58. The number of rotatable bonds is 3. The molecule has 0 spiro atoms. The topological polar surface area (TPSA) is 83.1 Å². The van der Waals surface area contributed by atoms with Gasteiger partial charge in [0.05, 0.1) is 13.2 Å². The van der Waals surface area contributed by atoms with Gasteiger partial charge < -0.3 is 15.0 Å². The van der Waals surface area contributed by atoms with E-state index in [4.69, 9.17) is 4.74 Å². The van der Waals surface area contributed by atoms with Gasteiger partial charge in [-0.1, -0.05) is 0 Å². The molecule has 128 valence electrons. The molecule has 0 bridgehead atoms. The Morgan fingerprint density at radius 1 is 1.29 bits per heavy atom. The van der Waals surface area contributed by atoms with Crippen molar-refractivity contribution in [3.63, 3.8) is 0 Å². The van der Waals surface area contributed by atoms with Gasteiger partial charge in [0.15, 0.2) is 5.82 Å². The lowest BCUT2D eigenvalue weighted by molar-refractivity contribution is -0.141. The van der Waals surface area contributed by atoms with Gasteiger partial charge in [0.1, 0.15) is 11.4 Å². The van der Waals surface area contributed by atoms with Crippen LogP contribution in [-0.4, -0.2) is 47.4 Å². The van der Waals surface area contributed by atoms with E-state index >= 15 is 0 Å². The summed E-state index contributed by atoms with van der Waals surface area (Å²) < 4.78 is 42.8. The number of ether oxygens (including phenoxy) is 1. The molecular formula is C14H14F3N5O2. The van der Waals surface area contributed by atoms with Gasteiger partial charge >= 0.3 is 6.18 Å². The standard InChI is InChI=1S/C14H14F3N5O2/c15-14(16,17)11-8-12(21-20-11)19-13(23)10-7-9(1-2-18-10)22-3-5-24-6-4-22/h1-2,7-8H,3-6H2,(H2,19,20,21,23). The van der Waals surface area contributed by atoms with Crippen LogP contribution in [0.25, 0.3) is 0 Å². The van der Waals surface area contributed by atoms with Gasteiger partial charge in [-0.3, -0.25) is 14.9 Å². The fraction of sp³-hybridized carbons (Fsp3) is 0.357. The lowest BCUT2D eigenvalue weighted by Gasteiger charge is -2.28. The minimum absolute atomic E-state index is 0.0931. The Labute approximate surface area is 134 Å². The number of nitrogens with zero attached hydrogens (tertiary/aromatic N) is 3. The highest BCUT2D eigenvalue weighted by atomic mass is 19.4. The Morgan fingerprint density at radius 3 is 2.71 bits per heavy atom. The molecule has 2 aromatic heterocycles. The van der Waals surface area contributed by atoms with Gasteiger partial charge in [-0.15, -0.1) is 0 Å². The maximum absolute atomic E-state index is 12.5. The number of H-pyrrole nitrogens is 1. The zero-order valence-electron chi connectivity index (χ0n) is 12.4. The quantitative estimate of drug-likeness (QED) is 0.891. The smallest absolute Gasteiger partial charge is 0.378 e. The number of halogens is 3. The van der Waals surface area contributed by atoms with Crippen molar-refractivity contribution in [2.24, 2.45) is 0 Å². The van der Waals surface area contributed by atoms with Crippen molar-refractivity contribution in [2.45, 2.75) is 6.18 Å². The molecule has 0 aliphatic carbocycles. The number of carbonyl (C=O) groups is 1. The van der Waals surface area contributed by atoms with Gasteiger partial charge in [0, 0.05) is 31.0 Å². The third-order valence-electron chi connectivity index (χ3n) is 3.48. The van der Waals surface area contributed by atoms with Crippen molar-refractivity contribution in [3.8, 4) is 0 Å². The monoisotopic (exact) mass is 341 g/mol. The summed E-state index contributed by atoms with van der Waals surface area (Å²) in [6, 6.07) is 4.07. The van der Waals surface area contributed by atoms with Crippen LogP contribution in [0.15, 0.2) is 24.4 Å². The molecule has 10 heteroatoms. The van der Waals surface area contributed by atoms with Crippen molar-refractivity contribution >= 4 is 17.4 Å². The van der Waals surface area contributed by atoms with Crippen LogP contribution in [0.4, 0.5) is 24.7 Å². The second kappa shape index (κ2) is 6.48. The molecule has 0 unspecified atom stereocenters. The molecule has 1 aliphatic rings. The van der Waals surface area contributed by atoms with E-state index in [1.807, 2.05) is 10.00 Å². The van der Waals surface area contributed by atoms with Crippen LogP contribution < -0.4 is 10.2 Å². The molecule has 1 fully saturated rings. The average molecular weight is 341 g/mol. The molecule has 3 heterocycles. The van der Waals surface area contributed by atoms with Crippen LogP contribution in [0.5, 0.6) is 0 Å². The fourth-order valence-electron chi connectivity index (χ4n) is 2.27. The number of morpholine rings is 1. The molecule has 3 rings (SSSR count). The Hall–Kier alpha value is -2.62. The average Bonchev–Trinajstić information content (AvgIpc) is 3.05. The Balaban J connectivity index is 1.72. The first kappa shape index (κ1) is 16.2. The second-order valence-electron chi connectivity index (χ2n) is 5.12. The summed E-state index contributed by atoms with van der Waals surface area (Å²) in [7, 11) is 0. The molecule has 1 amide bonds. The third-order valence-corrected chi connectivity index (χ3v) is 3.48. The van der Waals surface area contributed by atoms with E-state index in [-0.39, 0.29) is 11.5 Å². The largest absolute Gasteiger partial charge is 0.432 e. The van der Waals surface area contributed by atoms with Gasteiger partial charge in [-0.05, 0) is 12.1 Å². The van der Waals surface area contributed by atoms with E-state index in [0.29, 0.717) is 26.3 Å². The van der Waals surface area contributed by atoms with Crippen molar-refractivity contribution in [1.29, 1.82) is 0 Å². The zero-order chi connectivity index (χ0) is 17.2. The summed E-state index contributed by atoms with van der Waals surface area (Å²) >= 11 is 0. The first-order chi connectivity index (χ1) is 11.4. The molecular weight excluding hydrogens is 327 g/mol. The van der Waals surface area contributed by atoms with Gasteiger partial charge in [-0.2, -0.15) is 18.3 Å². The van der Waals surface area contributed by atoms with Crippen LogP contribution in [0, 0.1) is 0 Å². The molecule has 1 saturated heterocycles. The Bertz CT molecular complexity index is 725. The van der Waals surface area contributed by atoms with E-state index in [2.05, 4.69) is 15.4 Å². The normalized spacial score (nSPS) is 15.4. The SMILES string of the molecule is O=C(Nc1cc(C(F)(F)F)[nH]n1)c1cc(N2CCOCC2)ccn1. The summed E-state index contributed by atoms with van der Waals surface area (Å²) in [6.07, 6.45) is -3.07. The van der Waals surface area contributed by atoms with Crippen molar-refractivity contribution in [2.75, 3.05) is 36.5 Å². The van der Waals surface area contributed by atoms with Crippen molar-refractivity contribution < 1.29 is 22.7 Å². The van der Waals surface area contributed by atoms with Crippen LogP contribution in [0.3, 0.4) is 0 Å². The number of pyridine rings is 1. The highest BCUT2D eigenvalue weighted by Crippen LogP contribution is 2.28. The Kier molecular flexibility index (Phi) is 4.38. The van der Waals surface area contributed by atoms with Crippen LogP contribution >= 0.6 is 0 Å². The molecule has 2 N–H and O–H groups in total. The summed E-state index contributed by atoms with van der Waals surface area (Å²) in [5, 5.41) is 7.56. The molecule has 0 atom stereocenters. The van der Waals surface area contributed by atoms with E-state index in [0.717, 1.165) is 11.8 Å². The van der Waals surface area contributed by atoms with Crippen molar-refractivity contribution in [3.05, 3.63) is 35.8 Å². The number of aromatic amines is 1. The number of amides is 1. The van der Waals surface area contributed by atoms with Crippen LogP contribution in [0.1, 0.15) is 16.2 Å². The number of hydrogen-bond acceptors (Lipinski definition) is 5. The highest BCUT2D eigenvalue weighted by molar-refractivity contribution is 6.02. The number of hydrogen-bond donors (Lipinski definition) is 2. The van der Waals surface area contributed by atoms with E-state index < -0.39 is 17.8 Å². The molecule has 2 aromatic rings. The van der Waals surface area contributed by atoms with Gasteiger partial charge in [-0.25, -0.2) is 0 Å². The minimum Gasteiger partial charge on any atom is -0.378 e. The number of anilines is 2. The van der Waals surface area contributed by atoms with Crippen LogP contribution in [0.2, 0.25) is 0 Å². The zero-order valence-corrected chi connectivity index (χ0v) is 12.4. The van der Waals surface area contributed by atoms with E-state index in [9.17, 15) is 18.0 Å². The van der Waals surface area contributed by atoms with Gasteiger partial charge in [0.25, 0.3) is 5.91 Å². The van der Waals surface area contributed by atoms with Crippen molar-refractivity contribution in [1.82, 2.24) is 15.2 Å². The summed E-state index contributed by atoms with van der Waals surface area (Å²) in [4.78, 5) is 18.2. The second-order valence-corrected chi connectivity index (χ2v) is 5.12. The molecule has 1 aliphatic heterocycles.